The maximum absolute atomic E-state index is 13.2. The van der Waals surface area contributed by atoms with E-state index in [1.165, 1.54) is 0 Å². The van der Waals surface area contributed by atoms with Gasteiger partial charge in [-0.05, 0) is 37.0 Å². The molecule has 2 aliphatic rings. The van der Waals surface area contributed by atoms with Gasteiger partial charge in [-0.25, -0.2) is 4.79 Å². The topological polar surface area (TPSA) is 69.7 Å². The van der Waals surface area contributed by atoms with E-state index in [0.29, 0.717) is 6.42 Å². The number of nitrogens with zero attached hydrogens (tertiary/aromatic N) is 2. The summed E-state index contributed by atoms with van der Waals surface area (Å²) in [4.78, 5) is 41.7. The van der Waals surface area contributed by atoms with Crippen LogP contribution in [0.2, 0.25) is 0 Å². The fraction of sp³-hybridized carbons (Fsp3) is 0.318. The van der Waals surface area contributed by atoms with E-state index in [1.807, 2.05) is 68.4 Å². The molecule has 4 amide bonds. The molecule has 0 spiro atoms. The summed E-state index contributed by atoms with van der Waals surface area (Å²) in [5.41, 5.74) is 1.57. The third-order valence-corrected chi connectivity index (χ3v) is 5.74. The second-order valence-corrected chi connectivity index (χ2v) is 7.39. The number of fused-ring (bicyclic) bond motifs is 1. The first-order valence-corrected chi connectivity index (χ1v) is 9.57. The lowest BCUT2D eigenvalue weighted by Crippen LogP contribution is -2.46. The average molecular weight is 377 g/mol. The zero-order valence-corrected chi connectivity index (χ0v) is 16.0. The summed E-state index contributed by atoms with van der Waals surface area (Å²) < 4.78 is 0. The molecule has 0 saturated carbocycles. The number of amides is 4. The summed E-state index contributed by atoms with van der Waals surface area (Å²) in [6, 6.07) is 16.4. The van der Waals surface area contributed by atoms with Crippen molar-refractivity contribution in [2.24, 2.45) is 0 Å². The van der Waals surface area contributed by atoms with Crippen LogP contribution in [0.1, 0.15) is 31.4 Å². The van der Waals surface area contributed by atoms with Crippen LogP contribution in [-0.4, -0.2) is 35.3 Å². The van der Waals surface area contributed by atoms with E-state index in [9.17, 15) is 14.4 Å². The first-order chi connectivity index (χ1) is 13.5. The molecule has 6 heteroatoms. The molecule has 0 bridgehead atoms. The molecule has 0 radical (unpaired) electrons. The van der Waals surface area contributed by atoms with Gasteiger partial charge >= 0.3 is 6.03 Å². The zero-order valence-electron chi connectivity index (χ0n) is 16.0. The van der Waals surface area contributed by atoms with Crippen molar-refractivity contribution in [3.05, 3.63) is 65.7 Å². The van der Waals surface area contributed by atoms with E-state index in [4.69, 9.17) is 0 Å². The molecular weight excluding hydrogens is 354 g/mol. The molecule has 1 N–H and O–H groups in total. The Balaban J connectivity index is 1.60. The average Bonchev–Trinajstić information content (AvgIpc) is 3.17. The van der Waals surface area contributed by atoms with Crippen LogP contribution in [0, 0.1) is 0 Å². The minimum Gasteiger partial charge on any atom is -0.319 e. The van der Waals surface area contributed by atoms with E-state index in [1.54, 1.807) is 4.90 Å². The SMILES string of the molecule is CC[C@]1(c2ccccc2)NC(=O)N(CC(=O)N2c3ccccc3C[C@H]2C)C1=O. The Hall–Kier alpha value is -3.15. The summed E-state index contributed by atoms with van der Waals surface area (Å²) >= 11 is 0. The van der Waals surface area contributed by atoms with E-state index in [2.05, 4.69) is 5.32 Å². The van der Waals surface area contributed by atoms with Crippen molar-refractivity contribution in [3.8, 4) is 0 Å². The van der Waals surface area contributed by atoms with E-state index >= 15 is 0 Å². The second kappa shape index (κ2) is 6.78. The zero-order chi connectivity index (χ0) is 19.9. The predicted molar refractivity (Wildman–Crippen MR) is 106 cm³/mol. The first kappa shape index (κ1) is 18.2. The van der Waals surface area contributed by atoms with Crippen LogP contribution in [0.5, 0.6) is 0 Å². The highest BCUT2D eigenvalue weighted by atomic mass is 16.2. The molecule has 144 valence electrons. The smallest absolute Gasteiger partial charge is 0.319 e. The summed E-state index contributed by atoms with van der Waals surface area (Å²) in [7, 11) is 0. The maximum atomic E-state index is 13.2. The number of anilines is 1. The van der Waals surface area contributed by atoms with Crippen LogP contribution in [0.3, 0.4) is 0 Å². The van der Waals surface area contributed by atoms with Gasteiger partial charge < -0.3 is 10.2 Å². The molecule has 1 saturated heterocycles. The highest BCUT2D eigenvalue weighted by Crippen LogP contribution is 2.34. The molecule has 6 nitrogen and oxygen atoms in total. The number of rotatable bonds is 4. The van der Waals surface area contributed by atoms with Gasteiger partial charge in [-0.3, -0.25) is 14.5 Å². The second-order valence-electron chi connectivity index (χ2n) is 7.39. The third-order valence-electron chi connectivity index (χ3n) is 5.74. The first-order valence-electron chi connectivity index (χ1n) is 9.57. The van der Waals surface area contributed by atoms with Crippen LogP contribution in [0.4, 0.5) is 10.5 Å². The highest BCUT2D eigenvalue weighted by Gasteiger charge is 2.52. The monoisotopic (exact) mass is 377 g/mol. The van der Waals surface area contributed by atoms with Crippen LogP contribution < -0.4 is 10.2 Å². The van der Waals surface area contributed by atoms with Crippen molar-refractivity contribution in [2.45, 2.75) is 38.3 Å². The molecule has 0 unspecified atom stereocenters. The van der Waals surface area contributed by atoms with Crippen molar-refractivity contribution in [3.63, 3.8) is 0 Å². The predicted octanol–water partition coefficient (Wildman–Crippen LogP) is 2.82. The standard InChI is InChI=1S/C22H23N3O3/c1-3-22(17-10-5-4-6-11-17)20(27)24(21(28)23-22)14-19(26)25-15(2)13-16-9-7-8-12-18(16)25/h4-12,15H,3,13-14H2,1-2H3,(H,23,28)/t15-,22-/m1/s1. The van der Waals surface area contributed by atoms with Crippen LogP contribution in [0.15, 0.2) is 54.6 Å². The molecule has 2 atom stereocenters. The molecule has 0 aliphatic carbocycles. The minimum atomic E-state index is -1.12. The summed E-state index contributed by atoms with van der Waals surface area (Å²) in [6.07, 6.45) is 1.18. The number of carbonyl (C=O) groups excluding carboxylic acids is 3. The highest BCUT2D eigenvalue weighted by molar-refractivity contribution is 6.11. The van der Waals surface area contributed by atoms with Gasteiger partial charge in [0.2, 0.25) is 5.91 Å². The number of para-hydroxylation sites is 1. The molecule has 28 heavy (non-hydrogen) atoms. The van der Waals surface area contributed by atoms with Gasteiger partial charge in [-0.1, -0.05) is 55.5 Å². The van der Waals surface area contributed by atoms with Crippen molar-refractivity contribution >= 4 is 23.5 Å². The Kier molecular flexibility index (Phi) is 4.41. The van der Waals surface area contributed by atoms with E-state index < -0.39 is 11.6 Å². The summed E-state index contributed by atoms with van der Waals surface area (Å²) in [6.45, 7) is 3.57. The quantitative estimate of drug-likeness (QED) is 0.833. The van der Waals surface area contributed by atoms with Crippen molar-refractivity contribution in [2.75, 3.05) is 11.4 Å². The lowest BCUT2D eigenvalue weighted by atomic mass is 9.87. The van der Waals surface area contributed by atoms with E-state index in [0.717, 1.165) is 28.1 Å². The van der Waals surface area contributed by atoms with Gasteiger partial charge in [-0.2, -0.15) is 0 Å². The molecule has 2 aromatic rings. The van der Waals surface area contributed by atoms with Gasteiger partial charge in [-0.15, -0.1) is 0 Å². The largest absolute Gasteiger partial charge is 0.325 e. The Morgan fingerprint density at radius 2 is 1.79 bits per heavy atom. The maximum Gasteiger partial charge on any atom is 0.325 e. The van der Waals surface area contributed by atoms with Crippen molar-refractivity contribution in [1.29, 1.82) is 0 Å². The number of imide groups is 1. The van der Waals surface area contributed by atoms with Crippen molar-refractivity contribution in [1.82, 2.24) is 10.2 Å². The molecule has 4 rings (SSSR count). The van der Waals surface area contributed by atoms with Gasteiger partial charge in [0.25, 0.3) is 5.91 Å². The molecular formula is C22H23N3O3. The van der Waals surface area contributed by atoms with Crippen LogP contribution >= 0.6 is 0 Å². The van der Waals surface area contributed by atoms with Gasteiger partial charge in [0.1, 0.15) is 12.1 Å². The van der Waals surface area contributed by atoms with Gasteiger partial charge in [0.05, 0.1) is 0 Å². The Labute approximate surface area is 164 Å². The van der Waals surface area contributed by atoms with Crippen LogP contribution in [0.25, 0.3) is 0 Å². The fourth-order valence-corrected chi connectivity index (χ4v) is 4.29. The molecule has 1 fully saturated rings. The summed E-state index contributed by atoms with van der Waals surface area (Å²) in [5.74, 6) is -0.624. The molecule has 2 heterocycles. The number of nitrogens with one attached hydrogen (secondary N) is 1. The third kappa shape index (κ3) is 2.68. The van der Waals surface area contributed by atoms with Gasteiger partial charge in [0.15, 0.2) is 0 Å². The van der Waals surface area contributed by atoms with E-state index in [-0.39, 0.29) is 24.4 Å². The van der Waals surface area contributed by atoms with Crippen molar-refractivity contribution < 1.29 is 14.4 Å². The number of carbonyl (C=O) groups is 3. The normalized spacial score (nSPS) is 23.7. The lowest BCUT2D eigenvalue weighted by molar-refractivity contribution is -0.134. The molecule has 2 aliphatic heterocycles. The molecule has 2 aromatic carbocycles. The lowest BCUT2D eigenvalue weighted by Gasteiger charge is -2.27. The number of hydrogen-bond acceptors (Lipinski definition) is 3. The minimum absolute atomic E-state index is 0.00396. The number of benzene rings is 2. The van der Waals surface area contributed by atoms with Crippen LogP contribution in [-0.2, 0) is 21.5 Å². The summed E-state index contributed by atoms with van der Waals surface area (Å²) in [5, 5.41) is 2.83. The fourth-order valence-electron chi connectivity index (χ4n) is 4.29. The van der Waals surface area contributed by atoms with Gasteiger partial charge in [0, 0.05) is 11.7 Å². The number of hydrogen-bond donors (Lipinski definition) is 1. The Morgan fingerprint density at radius 3 is 2.50 bits per heavy atom. The molecule has 0 aromatic heterocycles. The Morgan fingerprint density at radius 1 is 1.11 bits per heavy atom. The number of urea groups is 1. The Bertz CT molecular complexity index is 943.